The number of ether oxygens (including phenoxy) is 1. The summed E-state index contributed by atoms with van der Waals surface area (Å²) in [5.41, 5.74) is 3.66. The molecule has 3 heterocycles. The molecule has 1 amide bonds. The summed E-state index contributed by atoms with van der Waals surface area (Å²) in [6, 6.07) is 1.94. The Kier molecular flexibility index (Phi) is 4.53. The lowest BCUT2D eigenvalue weighted by atomic mass is 9.94. The number of aromatic nitrogens is 2. The van der Waals surface area contributed by atoms with Gasteiger partial charge in [0.15, 0.2) is 0 Å². The van der Waals surface area contributed by atoms with Gasteiger partial charge in [-0.15, -0.1) is 0 Å². The summed E-state index contributed by atoms with van der Waals surface area (Å²) >= 11 is 0. The first-order chi connectivity index (χ1) is 12.5. The summed E-state index contributed by atoms with van der Waals surface area (Å²) in [4.78, 5) is 24.0. The molecule has 26 heavy (non-hydrogen) atoms. The number of hydrogen-bond donors (Lipinski definition) is 0. The van der Waals surface area contributed by atoms with Crippen LogP contribution in [-0.4, -0.2) is 40.5 Å². The lowest BCUT2D eigenvalue weighted by Crippen LogP contribution is -2.43. The first-order valence-electron chi connectivity index (χ1n) is 9.37. The summed E-state index contributed by atoms with van der Waals surface area (Å²) in [6.07, 6.45) is 3.92. The summed E-state index contributed by atoms with van der Waals surface area (Å²) in [7, 11) is 0. The van der Waals surface area contributed by atoms with Crippen LogP contribution in [-0.2, 0) is 17.6 Å². The fourth-order valence-corrected chi connectivity index (χ4v) is 4.06. The van der Waals surface area contributed by atoms with Gasteiger partial charge in [-0.2, -0.15) is 0 Å². The predicted molar refractivity (Wildman–Crippen MR) is 96.2 cm³/mol. The van der Waals surface area contributed by atoms with Gasteiger partial charge in [-0.05, 0) is 46.1 Å². The number of furan rings is 1. The van der Waals surface area contributed by atoms with Crippen LogP contribution >= 0.6 is 0 Å². The molecule has 2 aliphatic rings. The Morgan fingerprint density at radius 1 is 1.19 bits per heavy atom. The van der Waals surface area contributed by atoms with Crippen LogP contribution in [0.1, 0.15) is 63.6 Å². The maximum Gasteiger partial charge on any atom is 0.257 e. The van der Waals surface area contributed by atoms with Crippen molar-refractivity contribution in [1.82, 2.24) is 14.9 Å². The Balaban J connectivity index is 1.58. The molecular formula is C20H25N3O3. The van der Waals surface area contributed by atoms with Crippen LogP contribution in [0, 0.1) is 20.8 Å². The van der Waals surface area contributed by atoms with E-state index in [1.54, 1.807) is 0 Å². The van der Waals surface area contributed by atoms with Crippen molar-refractivity contribution in [1.29, 1.82) is 0 Å². The number of carbonyl (C=O) groups excluding carboxylic acids is 1. The van der Waals surface area contributed by atoms with Gasteiger partial charge in [-0.1, -0.05) is 0 Å². The highest BCUT2D eigenvalue weighted by Gasteiger charge is 2.32. The third-order valence-electron chi connectivity index (χ3n) is 5.23. The second-order valence-corrected chi connectivity index (χ2v) is 7.23. The number of aryl methyl sites for hydroxylation is 4. The molecule has 2 aromatic rings. The van der Waals surface area contributed by atoms with Crippen LogP contribution in [0.3, 0.4) is 0 Å². The second kappa shape index (κ2) is 6.83. The zero-order chi connectivity index (χ0) is 18.3. The van der Waals surface area contributed by atoms with E-state index in [0.29, 0.717) is 19.7 Å². The van der Waals surface area contributed by atoms with Crippen LogP contribution < -0.4 is 0 Å². The minimum Gasteiger partial charge on any atom is -0.465 e. The van der Waals surface area contributed by atoms with E-state index in [2.05, 4.69) is 9.97 Å². The summed E-state index contributed by atoms with van der Waals surface area (Å²) in [5.74, 6) is 2.54. The van der Waals surface area contributed by atoms with Gasteiger partial charge in [0.05, 0.1) is 24.4 Å². The number of fused-ring (bicyclic) bond motifs is 1. The number of carbonyl (C=O) groups is 1. The lowest BCUT2D eigenvalue weighted by Gasteiger charge is -2.33. The molecule has 1 saturated heterocycles. The summed E-state index contributed by atoms with van der Waals surface area (Å²) in [5, 5.41) is 0. The Hall–Kier alpha value is -2.21. The van der Waals surface area contributed by atoms with Gasteiger partial charge in [0.25, 0.3) is 5.91 Å². The van der Waals surface area contributed by atoms with E-state index >= 15 is 0 Å². The van der Waals surface area contributed by atoms with Crippen molar-refractivity contribution in [2.75, 3.05) is 19.7 Å². The zero-order valence-electron chi connectivity index (χ0n) is 15.7. The number of rotatable bonds is 2. The second-order valence-electron chi connectivity index (χ2n) is 7.23. The van der Waals surface area contributed by atoms with Crippen molar-refractivity contribution in [3.05, 3.63) is 45.9 Å². The van der Waals surface area contributed by atoms with Crippen molar-refractivity contribution < 1.29 is 13.9 Å². The maximum absolute atomic E-state index is 13.2. The average molecular weight is 355 g/mol. The van der Waals surface area contributed by atoms with Crippen molar-refractivity contribution in [3.8, 4) is 0 Å². The quantitative estimate of drug-likeness (QED) is 0.828. The minimum absolute atomic E-state index is 0.0604. The predicted octanol–water partition coefficient (Wildman–Crippen LogP) is 3.09. The van der Waals surface area contributed by atoms with Gasteiger partial charge in [0.1, 0.15) is 23.4 Å². The zero-order valence-corrected chi connectivity index (χ0v) is 15.7. The van der Waals surface area contributed by atoms with E-state index in [4.69, 9.17) is 9.15 Å². The van der Waals surface area contributed by atoms with Crippen molar-refractivity contribution in [2.24, 2.45) is 0 Å². The molecule has 0 saturated carbocycles. The first kappa shape index (κ1) is 17.2. The van der Waals surface area contributed by atoms with Crippen LogP contribution in [0.25, 0.3) is 0 Å². The fourth-order valence-electron chi connectivity index (χ4n) is 4.06. The standard InChI is InChI=1S/C20H25N3O3/c1-12-10-16(22-14(3)21-12)18-11-23(8-9-25-18)20(24)19-13(2)26-17-7-5-4-6-15(17)19/h10,18H,4-9,11H2,1-3H3. The molecule has 4 rings (SSSR count). The molecule has 0 N–H and O–H groups in total. The highest BCUT2D eigenvalue weighted by Crippen LogP contribution is 2.31. The van der Waals surface area contributed by atoms with Gasteiger partial charge in [0, 0.05) is 24.2 Å². The molecule has 0 radical (unpaired) electrons. The van der Waals surface area contributed by atoms with Crippen LogP contribution in [0.15, 0.2) is 10.5 Å². The van der Waals surface area contributed by atoms with Gasteiger partial charge >= 0.3 is 0 Å². The smallest absolute Gasteiger partial charge is 0.257 e. The van der Waals surface area contributed by atoms with E-state index in [1.807, 2.05) is 31.7 Å². The molecular weight excluding hydrogens is 330 g/mol. The molecule has 6 nitrogen and oxygen atoms in total. The Bertz CT molecular complexity index is 823. The van der Waals surface area contributed by atoms with E-state index in [0.717, 1.165) is 65.5 Å². The first-order valence-corrected chi connectivity index (χ1v) is 9.37. The molecule has 0 spiro atoms. The number of amides is 1. The molecule has 1 atom stereocenters. The normalized spacial score (nSPS) is 20.1. The largest absolute Gasteiger partial charge is 0.465 e. The third-order valence-corrected chi connectivity index (χ3v) is 5.23. The lowest BCUT2D eigenvalue weighted by molar-refractivity contribution is -0.0249. The fraction of sp³-hybridized carbons (Fsp3) is 0.550. The third kappa shape index (κ3) is 3.14. The van der Waals surface area contributed by atoms with Crippen LogP contribution in [0.2, 0.25) is 0 Å². The molecule has 1 unspecified atom stereocenters. The van der Waals surface area contributed by atoms with Crippen LogP contribution in [0.4, 0.5) is 0 Å². The highest BCUT2D eigenvalue weighted by molar-refractivity contribution is 5.97. The number of hydrogen-bond acceptors (Lipinski definition) is 5. The monoisotopic (exact) mass is 355 g/mol. The van der Waals surface area contributed by atoms with Crippen molar-refractivity contribution in [2.45, 2.75) is 52.6 Å². The molecule has 1 aliphatic carbocycles. The van der Waals surface area contributed by atoms with Crippen molar-refractivity contribution in [3.63, 3.8) is 0 Å². The summed E-state index contributed by atoms with van der Waals surface area (Å²) < 4.78 is 11.8. The Morgan fingerprint density at radius 3 is 2.81 bits per heavy atom. The number of nitrogens with zero attached hydrogens (tertiary/aromatic N) is 3. The molecule has 138 valence electrons. The minimum atomic E-state index is -0.212. The van der Waals surface area contributed by atoms with E-state index in [9.17, 15) is 4.79 Å². The summed E-state index contributed by atoms with van der Waals surface area (Å²) in [6.45, 7) is 7.35. The van der Waals surface area contributed by atoms with Gasteiger partial charge in [-0.25, -0.2) is 9.97 Å². The Morgan fingerprint density at radius 2 is 2.00 bits per heavy atom. The molecule has 0 aromatic carbocycles. The van der Waals surface area contributed by atoms with Gasteiger partial charge in [-0.3, -0.25) is 4.79 Å². The number of morpholine rings is 1. The van der Waals surface area contributed by atoms with E-state index in [1.165, 1.54) is 0 Å². The maximum atomic E-state index is 13.2. The van der Waals surface area contributed by atoms with E-state index in [-0.39, 0.29) is 12.0 Å². The van der Waals surface area contributed by atoms with E-state index < -0.39 is 0 Å². The molecule has 0 bridgehead atoms. The average Bonchev–Trinajstić information content (AvgIpc) is 2.96. The van der Waals surface area contributed by atoms with Crippen molar-refractivity contribution >= 4 is 5.91 Å². The molecule has 1 fully saturated rings. The molecule has 6 heteroatoms. The molecule has 2 aromatic heterocycles. The van der Waals surface area contributed by atoms with Gasteiger partial charge in [0.2, 0.25) is 0 Å². The SMILES string of the molecule is Cc1cc(C2CN(C(=O)c3c(C)oc4c3CCCC4)CCO2)nc(C)n1. The highest BCUT2D eigenvalue weighted by atomic mass is 16.5. The molecule has 1 aliphatic heterocycles. The van der Waals surface area contributed by atoms with Crippen LogP contribution in [0.5, 0.6) is 0 Å². The topological polar surface area (TPSA) is 68.5 Å². The van der Waals surface area contributed by atoms with Gasteiger partial charge < -0.3 is 14.1 Å². The Labute approximate surface area is 153 Å².